The number of nitrogens with one attached hydrogen (secondary N) is 1. The normalized spacial score (nSPS) is 11.1. The molecule has 0 radical (unpaired) electrons. The molecule has 5 rings (SSSR count). The number of para-hydroxylation sites is 1. The van der Waals surface area contributed by atoms with Crippen molar-refractivity contribution in [2.45, 2.75) is 6.92 Å². The number of amides is 1. The first kappa shape index (κ1) is 26.4. The Hall–Kier alpha value is -5.26. The average Bonchev–Trinajstić information content (AvgIpc) is 3.62. The number of carbonyl (C=O) groups is 2. The lowest BCUT2D eigenvalue weighted by Crippen LogP contribution is -2.16. The van der Waals surface area contributed by atoms with Crippen molar-refractivity contribution < 1.29 is 14.3 Å². The van der Waals surface area contributed by atoms with E-state index in [1.807, 2.05) is 97.1 Å². The lowest BCUT2D eigenvalue weighted by atomic mass is 10.0. The summed E-state index contributed by atoms with van der Waals surface area (Å²) in [6, 6.07) is 30.5. The molecule has 0 fully saturated rings. The zero-order chi connectivity index (χ0) is 27.9. The van der Waals surface area contributed by atoms with E-state index >= 15 is 0 Å². The Labute approximate surface area is 235 Å². The molecule has 0 aliphatic rings. The van der Waals surface area contributed by atoms with Gasteiger partial charge in [0.15, 0.2) is 0 Å². The van der Waals surface area contributed by atoms with Crippen LogP contribution in [0, 0.1) is 11.3 Å². The second-order valence-corrected chi connectivity index (χ2v) is 9.52. The highest BCUT2D eigenvalue weighted by molar-refractivity contribution is 7.15. The van der Waals surface area contributed by atoms with E-state index in [9.17, 15) is 14.9 Å². The fourth-order valence-corrected chi connectivity index (χ4v) is 5.14. The molecule has 8 heteroatoms. The predicted octanol–water partition coefficient (Wildman–Crippen LogP) is 6.99. The Bertz CT molecular complexity index is 1720. The van der Waals surface area contributed by atoms with Gasteiger partial charge in [-0.05, 0) is 30.7 Å². The first-order valence-corrected chi connectivity index (χ1v) is 13.4. The highest BCUT2D eigenvalue weighted by Gasteiger charge is 2.24. The minimum absolute atomic E-state index is 0.130. The molecule has 40 heavy (non-hydrogen) atoms. The molecule has 7 nitrogen and oxygen atoms in total. The summed E-state index contributed by atoms with van der Waals surface area (Å²) in [7, 11) is 0. The van der Waals surface area contributed by atoms with E-state index in [4.69, 9.17) is 9.84 Å². The first-order chi connectivity index (χ1) is 19.6. The molecule has 0 atom stereocenters. The quantitative estimate of drug-likeness (QED) is 0.129. The van der Waals surface area contributed by atoms with E-state index in [0.29, 0.717) is 21.8 Å². The number of ether oxygens (including phenoxy) is 1. The van der Waals surface area contributed by atoms with Crippen LogP contribution in [0.5, 0.6) is 0 Å². The summed E-state index contributed by atoms with van der Waals surface area (Å²) in [5.41, 5.74) is 4.50. The average molecular weight is 545 g/mol. The fraction of sp³-hybridized carbons (Fsp3) is 0.0625. The first-order valence-electron chi connectivity index (χ1n) is 12.6. The molecule has 0 saturated heterocycles. The molecule has 0 unspecified atom stereocenters. The van der Waals surface area contributed by atoms with Crippen molar-refractivity contribution in [3.05, 3.63) is 119 Å². The van der Waals surface area contributed by atoms with Crippen molar-refractivity contribution in [3.8, 4) is 34.1 Å². The van der Waals surface area contributed by atoms with Crippen molar-refractivity contribution >= 4 is 34.3 Å². The molecule has 2 aromatic heterocycles. The third-order valence-electron chi connectivity index (χ3n) is 6.06. The van der Waals surface area contributed by atoms with Gasteiger partial charge in [0.25, 0.3) is 5.91 Å². The van der Waals surface area contributed by atoms with Crippen LogP contribution in [0.3, 0.4) is 0 Å². The third kappa shape index (κ3) is 5.60. The highest BCUT2D eigenvalue weighted by Crippen LogP contribution is 2.36. The number of aromatic nitrogens is 2. The van der Waals surface area contributed by atoms with E-state index in [1.54, 1.807) is 23.2 Å². The number of esters is 1. The van der Waals surface area contributed by atoms with Gasteiger partial charge in [-0.1, -0.05) is 78.9 Å². The minimum atomic E-state index is -0.638. The molecule has 1 N–H and O–H groups in total. The maximum atomic E-state index is 13.4. The van der Waals surface area contributed by atoms with Crippen LogP contribution in [0.4, 0.5) is 5.00 Å². The Balaban J connectivity index is 1.52. The zero-order valence-corrected chi connectivity index (χ0v) is 22.4. The molecule has 196 valence electrons. The van der Waals surface area contributed by atoms with Gasteiger partial charge < -0.3 is 10.1 Å². The summed E-state index contributed by atoms with van der Waals surface area (Å²) >= 11 is 1.20. The van der Waals surface area contributed by atoms with Crippen LogP contribution >= 0.6 is 11.3 Å². The van der Waals surface area contributed by atoms with Gasteiger partial charge in [0.05, 0.1) is 18.0 Å². The van der Waals surface area contributed by atoms with Crippen LogP contribution in [0.2, 0.25) is 0 Å². The van der Waals surface area contributed by atoms with Crippen LogP contribution in [0.15, 0.2) is 108 Å². The van der Waals surface area contributed by atoms with Gasteiger partial charge in [-0.3, -0.25) is 4.79 Å². The van der Waals surface area contributed by atoms with Gasteiger partial charge in [0.2, 0.25) is 0 Å². The number of nitrogens with zero attached hydrogens (tertiary/aromatic N) is 3. The molecular weight excluding hydrogens is 520 g/mol. The van der Waals surface area contributed by atoms with Gasteiger partial charge in [0, 0.05) is 28.3 Å². The highest BCUT2D eigenvalue weighted by atomic mass is 32.1. The molecule has 0 aliphatic heterocycles. The SMILES string of the molecule is CCOC(=O)c1c(-c2ccccc2)csc1NC(=O)/C(C#N)=C/c1cn(-c2ccccc2)nc1-c1ccccc1. The molecular formula is C32H24N4O3S. The van der Waals surface area contributed by atoms with Crippen molar-refractivity contribution in [2.24, 2.45) is 0 Å². The van der Waals surface area contributed by atoms with Crippen molar-refractivity contribution in [1.82, 2.24) is 9.78 Å². The molecule has 0 aliphatic carbocycles. The number of benzene rings is 3. The topological polar surface area (TPSA) is 97.0 Å². The van der Waals surface area contributed by atoms with Gasteiger partial charge in [0.1, 0.15) is 22.2 Å². The number of thiophene rings is 1. The van der Waals surface area contributed by atoms with Crippen LogP contribution in [-0.2, 0) is 9.53 Å². The van der Waals surface area contributed by atoms with Gasteiger partial charge in [-0.15, -0.1) is 11.3 Å². The van der Waals surface area contributed by atoms with E-state index < -0.39 is 11.9 Å². The van der Waals surface area contributed by atoms with Crippen LogP contribution in [0.1, 0.15) is 22.8 Å². The van der Waals surface area contributed by atoms with Crippen LogP contribution < -0.4 is 5.32 Å². The Morgan fingerprint density at radius 3 is 2.23 bits per heavy atom. The molecule has 0 saturated carbocycles. The van der Waals surface area contributed by atoms with Gasteiger partial charge >= 0.3 is 5.97 Å². The second kappa shape index (κ2) is 12.1. The lowest BCUT2D eigenvalue weighted by molar-refractivity contribution is -0.112. The molecule has 5 aromatic rings. The molecule has 1 amide bonds. The summed E-state index contributed by atoms with van der Waals surface area (Å²) < 4.78 is 7.00. The van der Waals surface area contributed by atoms with Gasteiger partial charge in [-0.25, -0.2) is 9.48 Å². The maximum absolute atomic E-state index is 13.4. The summed E-state index contributed by atoms with van der Waals surface area (Å²) in [4.78, 5) is 26.3. The van der Waals surface area contributed by atoms with E-state index in [1.165, 1.54) is 17.4 Å². The fourth-order valence-electron chi connectivity index (χ4n) is 4.19. The number of rotatable bonds is 8. The van der Waals surface area contributed by atoms with Crippen molar-refractivity contribution in [3.63, 3.8) is 0 Å². The summed E-state index contributed by atoms with van der Waals surface area (Å²) in [5.74, 6) is -1.18. The second-order valence-electron chi connectivity index (χ2n) is 8.64. The van der Waals surface area contributed by atoms with E-state index in [-0.39, 0.29) is 17.7 Å². The standard InChI is InChI=1S/C32H24N4O3S/c1-2-39-32(38)28-27(22-12-6-3-7-13-22)21-40-31(28)34-30(37)24(19-33)18-25-20-36(26-16-10-5-11-17-26)35-29(25)23-14-8-4-9-15-23/h3-18,20-21H,2H2,1H3,(H,34,37)/b24-18+. The Morgan fingerprint density at radius 2 is 1.60 bits per heavy atom. The number of hydrogen-bond acceptors (Lipinski definition) is 6. The summed E-state index contributed by atoms with van der Waals surface area (Å²) in [5, 5.41) is 19.6. The minimum Gasteiger partial charge on any atom is -0.462 e. The lowest BCUT2D eigenvalue weighted by Gasteiger charge is -2.08. The third-order valence-corrected chi connectivity index (χ3v) is 6.95. The number of nitriles is 1. The number of hydrogen-bond donors (Lipinski definition) is 1. The summed E-state index contributed by atoms with van der Waals surface area (Å²) in [6.45, 7) is 1.91. The van der Waals surface area contributed by atoms with Crippen LogP contribution in [-0.4, -0.2) is 28.3 Å². The Kier molecular flexibility index (Phi) is 7.95. The van der Waals surface area contributed by atoms with Crippen molar-refractivity contribution in [2.75, 3.05) is 11.9 Å². The van der Waals surface area contributed by atoms with E-state index in [2.05, 4.69) is 5.32 Å². The molecule has 3 aromatic carbocycles. The number of anilines is 1. The molecule has 0 bridgehead atoms. The zero-order valence-electron chi connectivity index (χ0n) is 21.6. The van der Waals surface area contributed by atoms with Crippen LogP contribution in [0.25, 0.3) is 34.1 Å². The number of carbonyl (C=O) groups excluding carboxylic acids is 2. The molecule has 0 spiro atoms. The van der Waals surface area contributed by atoms with E-state index in [0.717, 1.165) is 16.8 Å². The van der Waals surface area contributed by atoms with Crippen molar-refractivity contribution in [1.29, 1.82) is 5.26 Å². The Morgan fingerprint density at radius 1 is 0.975 bits per heavy atom. The largest absolute Gasteiger partial charge is 0.462 e. The van der Waals surface area contributed by atoms with Gasteiger partial charge in [-0.2, -0.15) is 10.4 Å². The summed E-state index contributed by atoms with van der Waals surface area (Å²) in [6.07, 6.45) is 3.30. The maximum Gasteiger partial charge on any atom is 0.341 e. The monoisotopic (exact) mass is 544 g/mol. The smallest absolute Gasteiger partial charge is 0.341 e. The molecule has 2 heterocycles. The predicted molar refractivity (Wildman–Crippen MR) is 157 cm³/mol.